The number of para-hydroxylation sites is 2. The molecular weight excluding hydrogens is 188 g/mol. The highest BCUT2D eigenvalue weighted by Crippen LogP contribution is 2.23. The monoisotopic (exact) mass is 192 g/mol. The van der Waals surface area contributed by atoms with Crippen LogP contribution in [-0.4, -0.2) is 4.98 Å². The van der Waals surface area contributed by atoms with Crippen molar-refractivity contribution in [3.8, 4) is 6.07 Å². The van der Waals surface area contributed by atoms with E-state index >= 15 is 0 Å². The third-order valence-corrected chi connectivity index (χ3v) is 1.92. The zero-order chi connectivity index (χ0) is 9.26. The second-order valence-electron chi connectivity index (χ2n) is 2.51. The topological polar surface area (TPSA) is 49.8 Å². The Bertz CT molecular complexity index is 439. The highest BCUT2D eigenvalue weighted by Gasteiger charge is 2.13. The third-order valence-electron chi connectivity index (χ3n) is 1.64. The Morgan fingerprint density at radius 2 is 2.23 bits per heavy atom. The van der Waals surface area contributed by atoms with E-state index in [0.717, 1.165) is 5.52 Å². The van der Waals surface area contributed by atoms with Gasteiger partial charge in [-0.2, -0.15) is 5.26 Å². The molecule has 0 N–H and O–H groups in total. The average molecular weight is 193 g/mol. The summed E-state index contributed by atoms with van der Waals surface area (Å²) in [5.41, 5.74) is 1.37. The predicted molar refractivity (Wildman–Crippen MR) is 48.2 cm³/mol. The first-order valence-electron chi connectivity index (χ1n) is 3.70. The lowest BCUT2D eigenvalue weighted by Gasteiger charge is -1.88. The largest absolute Gasteiger partial charge is 0.438 e. The lowest BCUT2D eigenvalue weighted by molar-refractivity contribution is 0.543. The van der Waals surface area contributed by atoms with Crippen LogP contribution in [-0.2, 0) is 0 Å². The van der Waals surface area contributed by atoms with Crippen LogP contribution in [0.4, 0.5) is 0 Å². The minimum absolute atomic E-state index is 0.255. The molecule has 0 radical (unpaired) electrons. The van der Waals surface area contributed by atoms with E-state index in [-0.39, 0.29) is 5.89 Å². The molecule has 0 spiro atoms. The van der Waals surface area contributed by atoms with Gasteiger partial charge >= 0.3 is 0 Å². The Morgan fingerprint density at radius 3 is 2.92 bits per heavy atom. The van der Waals surface area contributed by atoms with Crippen molar-refractivity contribution in [2.45, 2.75) is 5.38 Å². The molecule has 1 atom stereocenters. The van der Waals surface area contributed by atoms with Crippen LogP contribution < -0.4 is 0 Å². The molecule has 0 aliphatic carbocycles. The number of hydrogen-bond acceptors (Lipinski definition) is 3. The van der Waals surface area contributed by atoms with Crippen molar-refractivity contribution in [2.75, 3.05) is 0 Å². The second kappa shape index (κ2) is 3.08. The molecular formula is C9H5ClN2O. The molecule has 2 aromatic rings. The van der Waals surface area contributed by atoms with Crippen molar-refractivity contribution in [1.82, 2.24) is 4.98 Å². The molecule has 1 unspecified atom stereocenters. The summed E-state index contributed by atoms with van der Waals surface area (Å²) >= 11 is 5.64. The van der Waals surface area contributed by atoms with Gasteiger partial charge < -0.3 is 4.42 Å². The van der Waals surface area contributed by atoms with Crippen LogP contribution in [0.1, 0.15) is 11.3 Å². The number of nitrogens with zero attached hydrogens (tertiary/aromatic N) is 2. The third kappa shape index (κ3) is 1.36. The highest BCUT2D eigenvalue weighted by molar-refractivity contribution is 6.22. The predicted octanol–water partition coefficient (Wildman–Crippen LogP) is 2.63. The van der Waals surface area contributed by atoms with Crippen LogP contribution in [0.15, 0.2) is 28.7 Å². The van der Waals surface area contributed by atoms with Crippen LogP contribution in [0, 0.1) is 11.3 Å². The molecule has 13 heavy (non-hydrogen) atoms. The molecule has 0 amide bonds. The van der Waals surface area contributed by atoms with Crippen molar-refractivity contribution in [1.29, 1.82) is 5.26 Å². The summed E-state index contributed by atoms with van der Waals surface area (Å²) in [6.07, 6.45) is 0. The molecule has 0 saturated carbocycles. The fraction of sp³-hybridized carbons (Fsp3) is 0.111. The van der Waals surface area contributed by atoms with Crippen LogP contribution in [0.3, 0.4) is 0 Å². The van der Waals surface area contributed by atoms with Gasteiger partial charge in [0.2, 0.25) is 5.89 Å². The summed E-state index contributed by atoms with van der Waals surface area (Å²) in [4.78, 5) is 4.06. The van der Waals surface area contributed by atoms with Gasteiger partial charge in [-0.25, -0.2) is 4.98 Å². The van der Waals surface area contributed by atoms with Gasteiger partial charge in [-0.05, 0) is 12.1 Å². The number of rotatable bonds is 1. The number of oxazole rings is 1. The van der Waals surface area contributed by atoms with E-state index in [1.54, 1.807) is 6.07 Å². The first kappa shape index (κ1) is 8.09. The normalized spacial score (nSPS) is 12.6. The standard InChI is InChI=1S/C9H5ClN2O/c10-6(5-11)9-12-7-3-1-2-4-8(7)13-9/h1-4,6H. The molecule has 0 fully saturated rings. The minimum atomic E-state index is -0.813. The number of halogens is 1. The van der Waals surface area contributed by atoms with Gasteiger partial charge in [0.15, 0.2) is 11.0 Å². The molecule has 0 saturated heterocycles. The van der Waals surface area contributed by atoms with Gasteiger partial charge in [-0.1, -0.05) is 23.7 Å². The fourth-order valence-corrected chi connectivity index (χ4v) is 1.15. The maximum absolute atomic E-state index is 8.53. The Balaban J connectivity index is 2.57. The van der Waals surface area contributed by atoms with Gasteiger partial charge in [0.05, 0.1) is 6.07 Å². The Labute approximate surface area is 79.6 Å². The maximum Gasteiger partial charge on any atom is 0.228 e. The molecule has 2 rings (SSSR count). The van der Waals surface area contributed by atoms with Crippen LogP contribution in [0.2, 0.25) is 0 Å². The molecule has 1 aromatic heterocycles. The first-order valence-corrected chi connectivity index (χ1v) is 4.14. The van der Waals surface area contributed by atoms with Gasteiger partial charge in [-0.15, -0.1) is 0 Å². The van der Waals surface area contributed by atoms with Crippen LogP contribution >= 0.6 is 11.6 Å². The summed E-state index contributed by atoms with van der Waals surface area (Å²) in [5, 5.41) is 7.72. The number of benzene rings is 1. The molecule has 3 nitrogen and oxygen atoms in total. The van der Waals surface area contributed by atoms with E-state index in [0.29, 0.717) is 5.58 Å². The van der Waals surface area contributed by atoms with Crippen molar-refractivity contribution in [2.24, 2.45) is 0 Å². The molecule has 64 valence electrons. The van der Waals surface area contributed by atoms with E-state index in [1.807, 2.05) is 24.3 Å². The molecule has 4 heteroatoms. The van der Waals surface area contributed by atoms with E-state index in [2.05, 4.69) is 4.98 Å². The number of hydrogen-bond donors (Lipinski definition) is 0. The Hall–Kier alpha value is -1.53. The van der Waals surface area contributed by atoms with Gasteiger partial charge in [0.25, 0.3) is 0 Å². The summed E-state index contributed by atoms with van der Waals surface area (Å²) < 4.78 is 5.26. The zero-order valence-corrected chi connectivity index (χ0v) is 7.32. The average Bonchev–Trinajstić information content (AvgIpc) is 2.59. The Kier molecular flexibility index (Phi) is 1.91. The van der Waals surface area contributed by atoms with E-state index in [4.69, 9.17) is 21.3 Å². The van der Waals surface area contributed by atoms with Crippen LogP contribution in [0.25, 0.3) is 11.1 Å². The zero-order valence-electron chi connectivity index (χ0n) is 6.57. The molecule has 0 aliphatic heterocycles. The Morgan fingerprint density at radius 1 is 1.46 bits per heavy atom. The summed E-state index contributed by atoms with van der Waals surface area (Å²) in [6, 6.07) is 9.14. The molecule has 0 bridgehead atoms. The van der Waals surface area contributed by atoms with Crippen molar-refractivity contribution in [3.05, 3.63) is 30.2 Å². The summed E-state index contributed by atoms with van der Waals surface area (Å²) in [5.74, 6) is 0.255. The molecule has 1 aromatic carbocycles. The van der Waals surface area contributed by atoms with E-state index < -0.39 is 5.38 Å². The summed E-state index contributed by atoms with van der Waals surface area (Å²) in [7, 11) is 0. The summed E-state index contributed by atoms with van der Waals surface area (Å²) in [6.45, 7) is 0. The van der Waals surface area contributed by atoms with Crippen LogP contribution in [0.5, 0.6) is 0 Å². The maximum atomic E-state index is 8.53. The smallest absolute Gasteiger partial charge is 0.228 e. The number of nitriles is 1. The van der Waals surface area contributed by atoms with E-state index in [1.165, 1.54) is 0 Å². The first-order chi connectivity index (χ1) is 6.31. The van der Waals surface area contributed by atoms with Gasteiger partial charge in [0, 0.05) is 0 Å². The highest BCUT2D eigenvalue weighted by atomic mass is 35.5. The quantitative estimate of drug-likeness (QED) is 0.653. The van der Waals surface area contributed by atoms with Crippen molar-refractivity contribution < 1.29 is 4.42 Å². The number of alkyl halides is 1. The van der Waals surface area contributed by atoms with Crippen molar-refractivity contribution >= 4 is 22.7 Å². The fourth-order valence-electron chi connectivity index (χ4n) is 1.05. The van der Waals surface area contributed by atoms with Gasteiger partial charge in [0.1, 0.15) is 5.52 Å². The molecule has 0 aliphatic rings. The van der Waals surface area contributed by atoms with E-state index in [9.17, 15) is 0 Å². The van der Waals surface area contributed by atoms with Gasteiger partial charge in [-0.3, -0.25) is 0 Å². The lowest BCUT2D eigenvalue weighted by Crippen LogP contribution is -1.84. The molecule has 1 heterocycles. The van der Waals surface area contributed by atoms with Crippen molar-refractivity contribution in [3.63, 3.8) is 0 Å². The second-order valence-corrected chi connectivity index (χ2v) is 2.95. The lowest BCUT2D eigenvalue weighted by atomic mass is 10.3. The SMILES string of the molecule is N#CC(Cl)c1nc2ccccc2o1. The number of fused-ring (bicyclic) bond motifs is 1. The number of aromatic nitrogens is 1. The minimum Gasteiger partial charge on any atom is -0.438 e.